The lowest BCUT2D eigenvalue weighted by Gasteiger charge is -2.41. The van der Waals surface area contributed by atoms with E-state index in [9.17, 15) is 9.59 Å². The maximum atomic E-state index is 15.5. The fraction of sp³-hybridized carbons (Fsp3) is 0.333. The van der Waals surface area contributed by atoms with E-state index in [0.717, 1.165) is 35.1 Å². The molecule has 0 spiro atoms. The Morgan fingerprint density at radius 2 is 1.54 bits per heavy atom. The van der Waals surface area contributed by atoms with Crippen molar-refractivity contribution in [3.05, 3.63) is 78.4 Å². The Labute approximate surface area is 215 Å². The summed E-state index contributed by atoms with van der Waals surface area (Å²) in [6.45, 7) is 5.24. The van der Waals surface area contributed by atoms with Crippen molar-refractivity contribution < 1.29 is 14.0 Å². The number of carbonyl (C=O) groups excluding carboxylic acids is 2. The lowest BCUT2D eigenvalue weighted by molar-refractivity contribution is -0.140. The van der Waals surface area contributed by atoms with Gasteiger partial charge in [0.15, 0.2) is 0 Å². The van der Waals surface area contributed by atoms with Crippen molar-refractivity contribution in [2.24, 2.45) is 16.8 Å². The summed E-state index contributed by atoms with van der Waals surface area (Å²) in [4.78, 5) is 37.6. The number of benzene rings is 2. The van der Waals surface area contributed by atoms with Gasteiger partial charge in [0.25, 0.3) is 5.91 Å². The highest BCUT2D eigenvalue weighted by molar-refractivity contribution is 6.15. The second-order valence-corrected chi connectivity index (χ2v) is 10.8. The van der Waals surface area contributed by atoms with Crippen LogP contribution in [0.15, 0.2) is 72.0 Å². The van der Waals surface area contributed by atoms with Crippen LogP contribution in [0.5, 0.6) is 0 Å². The Balaban J connectivity index is 1.21. The number of amides is 2. The molecular weight excluding hydrogens is 467 g/mol. The number of carbonyl (C=O) groups is 2. The minimum Gasteiger partial charge on any atom is -0.342 e. The number of hydrogen-bond donors (Lipinski definition) is 0. The van der Waals surface area contributed by atoms with Gasteiger partial charge in [0.2, 0.25) is 5.91 Å². The van der Waals surface area contributed by atoms with Gasteiger partial charge in [0.05, 0.1) is 5.56 Å². The Morgan fingerprint density at radius 1 is 0.946 bits per heavy atom. The minimum atomic E-state index is -0.948. The van der Waals surface area contributed by atoms with Gasteiger partial charge in [0, 0.05) is 43.9 Å². The maximum Gasteiger partial charge on any atom is 0.255 e. The van der Waals surface area contributed by atoms with Gasteiger partial charge in [-0.3, -0.25) is 24.5 Å². The third-order valence-corrected chi connectivity index (χ3v) is 7.49. The predicted octanol–water partition coefficient (Wildman–Crippen LogP) is 4.79. The van der Waals surface area contributed by atoms with Crippen molar-refractivity contribution in [3.8, 4) is 22.3 Å². The van der Waals surface area contributed by atoms with E-state index in [2.05, 4.69) is 9.98 Å². The molecule has 3 aliphatic rings. The highest BCUT2D eigenvalue weighted by atomic mass is 19.1. The number of likely N-dealkylation sites (tertiary alicyclic amines) is 1. The molecule has 37 heavy (non-hydrogen) atoms. The van der Waals surface area contributed by atoms with Crippen molar-refractivity contribution in [3.63, 3.8) is 0 Å². The molecular formula is C30H29FN4O2. The molecule has 0 radical (unpaired) electrons. The van der Waals surface area contributed by atoms with Gasteiger partial charge >= 0.3 is 0 Å². The predicted molar refractivity (Wildman–Crippen MR) is 140 cm³/mol. The highest BCUT2D eigenvalue weighted by Crippen LogP contribution is 2.35. The van der Waals surface area contributed by atoms with Crippen molar-refractivity contribution in [2.45, 2.75) is 32.2 Å². The molecule has 2 aliphatic heterocycles. The van der Waals surface area contributed by atoms with Gasteiger partial charge in [-0.2, -0.15) is 0 Å². The second-order valence-electron chi connectivity index (χ2n) is 10.8. The van der Waals surface area contributed by atoms with E-state index in [0.29, 0.717) is 31.0 Å². The van der Waals surface area contributed by atoms with Crippen molar-refractivity contribution in [1.29, 1.82) is 0 Å². The molecule has 1 saturated carbocycles. The van der Waals surface area contributed by atoms with Crippen LogP contribution in [0.2, 0.25) is 0 Å². The fourth-order valence-electron chi connectivity index (χ4n) is 5.16. The molecule has 3 aromatic rings. The molecule has 2 fully saturated rings. The maximum absolute atomic E-state index is 15.5. The van der Waals surface area contributed by atoms with Crippen LogP contribution in [0, 0.1) is 17.7 Å². The molecule has 6 rings (SSSR count). The molecule has 7 heteroatoms. The lowest BCUT2D eigenvalue weighted by Crippen LogP contribution is -2.55. The number of aliphatic imine (C=N–C) groups is 1. The first-order chi connectivity index (χ1) is 17.8. The Kier molecular flexibility index (Phi) is 5.66. The Bertz CT molecular complexity index is 1390. The van der Waals surface area contributed by atoms with Crippen LogP contribution in [0.1, 0.15) is 32.3 Å². The van der Waals surface area contributed by atoms with E-state index >= 15 is 4.39 Å². The van der Waals surface area contributed by atoms with Crippen LogP contribution in [-0.2, 0) is 9.59 Å². The molecule has 6 nitrogen and oxygen atoms in total. The largest absolute Gasteiger partial charge is 0.342 e. The van der Waals surface area contributed by atoms with Crippen LogP contribution >= 0.6 is 0 Å². The number of halogens is 1. The van der Waals surface area contributed by atoms with E-state index in [1.54, 1.807) is 37.2 Å². The number of rotatable bonds is 6. The zero-order valence-corrected chi connectivity index (χ0v) is 21.0. The van der Waals surface area contributed by atoms with Gasteiger partial charge in [0.1, 0.15) is 17.2 Å². The van der Waals surface area contributed by atoms with Crippen LogP contribution in [0.3, 0.4) is 0 Å². The summed E-state index contributed by atoms with van der Waals surface area (Å²) in [7, 11) is 0. The summed E-state index contributed by atoms with van der Waals surface area (Å²) in [5.41, 5.74) is 3.17. The number of nitrogens with zero attached hydrogens (tertiary/aromatic N) is 4. The normalized spacial score (nSPS) is 19.1. The lowest BCUT2D eigenvalue weighted by atomic mass is 9.97. The molecule has 1 aliphatic carbocycles. The number of aromatic nitrogens is 1. The summed E-state index contributed by atoms with van der Waals surface area (Å²) in [6.07, 6.45) is 5.49. The molecule has 1 aromatic heterocycles. The van der Waals surface area contributed by atoms with E-state index in [4.69, 9.17) is 0 Å². The zero-order valence-electron chi connectivity index (χ0n) is 21.0. The van der Waals surface area contributed by atoms with Crippen LogP contribution < -0.4 is 0 Å². The topological polar surface area (TPSA) is 65.9 Å². The van der Waals surface area contributed by atoms with Crippen LogP contribution in [0.4, 0.5) is 4.39 Å². The molecule has 188 valence electrons. The first-order valence-electron chi connectivity index (χ1n) is 12.8. The monoisotopic (exact) mass is 496 g/mol. The summed E-state index contributed by atoms with van der Waals surface area (Å²) >= 11 is 0. The van der Waals surface area contributed by atoms with Gasteiger partial charge < -0.3 is 4.90 Å². The summed E-state index contributed by atoms with van der Waals surface area (Å²) in [6, 6.07) is 17.0. The van der Waals surface area contributed by atoms with E-state index < -0.39 is 11.4 Å². The average molecular weight is 497 g/mol. The van der Waals surface area contributed by atoms with Crippen LogP contribution in [-0.4, -0.2) is 57.6 Å². The molecule has 1 saturated heterocycles. The summed E-state index contributed by atoms with van der Waals surface area (Å²) < 4.78 is 15.5. The van der Waals surface area contributed by atoms with Gasteiger partial charge in [-0.15, -0.1) is 0 Å². The molecule has 3 heterocycles. The Hall–Kier alpha value is -3.87. The average Bonchev–Trinajstić information content (AvgIpc) is 3.70. The van der Waals surface area contributed by atoms with Crippen molar-refractivity contribution in [1.82, 2.24) is 14.8 Å². The third-order valence-electron chi connectivity index (χ3n) is 7.49. The van der Waals surface area contributed by atoms with E-state index in [1.165, 1.54) is 6.07 Å². The van der Waals surface area contributed by atoms with Crippen molar-refractivity contribution >= 4 is 17.6 Å². The molecule has 0 bridgehead atoms. The summed E-state index contributed by atoms with van der Waals surface area (Å²) in [5.74, 6) is 0.429. The standard InChI is InChI=1S/C30H29FN4O2/c1-30(2)29(37)35(18-19-16-34(17-19)28(36)23-7-8-23)27(33-30)25-10-9-24(15-26(25)31)21-5-3-20(4-6-21)22-11-13-32-14-12-22/h3-6,9-15,19,23H,7-8,16-18H2,1-2H3. The van der Waals surface area contributed by atoms with Gasteiger partial charge in [-0.1, -0.05) is 30.3 Å². The first-order valence-corrected chi connectivity index (χ1v) is 12.8. The minimum absolute atomic E-state index is 0.135. The quantitative estimate of drug-likeness (QED) is 0.493. The van der Waals surface area contributed by atoms with Crippen molar-refractivity contribution in [2.75, 3.05) is 19.6 Å². The number of amidine groups is 1. The third kappa shape index (κ3) is 4.43. The number of hydrogen-bond acceptors (Lipinski definition) is 4. The second kappa shape index (κ2) is 8.91. The van der Waals surface area contributed by atoms with E-state index in [1.807, 2.05) is 47.4 Å². The molecule has 0 atom stereocenters. The van der Waals surface area contributed by atoms with Gasteiger partial charge in [-0.05, 0) is 73.2 Å². The Morgan fingerprint density at radius 3 is 2.16 bits per heavy atom. The highest BCUT2D eigenvalue weighted by Gasteiger charge is 2.45. The molecule has 0 unspecified atom stereocenters. The first kappa shape index (κ1) is 23.5. The smallest absolute Gasteiger partial charge is 0.255 e. The zero-order chi connectivity index (χ0) is 25.7. The fourth-order valence-corrected chi connectivity index (χ4v) is 5.16. The molecule has 0 N–H and O–H groups in total. The number of pyridine rings is 1. The summed E-state index contributed by atoms with van der Waals surface area (Å²) in [5, 5.41) is 0. The van der Waals surface area contributed by atoms with Crippen LogP contribution in [0.25, 0.3) is 22.3 Å². The van der Waals surface area contributed by atoms with Gasteiger partial charge in [-0.25, -0.2) is 4.39 Å². The SMILES string of the molecule is CC1(C)N=C(c2ccc(-c3ccc(-c4ccncc4)cc3)cc2F)N(CC2CN(C(=O)C3CC3)C2)C1=O. The molecule has 2 amide bonds. The van der Waals surface area contributed by atoms with E-state index in [-0.39, 0.29) is 23.7 Å². The molecule has 2 aromatic carbocycles.